The summed E-state index contributed by atoms with van der Waals surface area (Å²) in [5, 5.41) is 10.5. The van der Waals surface area contributed by atoms with E-state index in [-0.39, 0.29) is 0 Å². The van der Waals surface area contributed by atoms with Gasteiger partial charge in [0.05, 0.1) is 11.2 Å². The van der Waals surface area contributed by atoms with Crippen molar-refractivity contribution in [2.75, 3.05) is 5.73 Å². The first-order valence-electron chi connectivity index (χ1n) is 3.92. The quantitative estimate of drug-likeness (QED) is 0.796. The molecular weight excluding hydrogens is 218 g/mol. The van der Waals surface area contributed by atoms with Crippen molar-refractivity contribution in [3.05, 3.63) is 16.6 Å². The minimum atomic E-state index is 0.436. The highest BCUT2D eigenvalue weighted by molar-refractivity contribution is 7.98. The van der Waals surface area contributed by atoms with Crippen LogP contribution in [0.15, 0.2) is 16.0 Å². The van der Waals surface area contributed by atoms with E-state index in [9.17, 15) is 0 Å². The number of thiazole rings is 1. The molecule has 2 aromatic heterocycles. The number of thioether (sulfide) groups is 1. The summed E-state index contributed by atoms with van der Waals surface area (Å²) < 4.78 is 1.76. The molecule has 7 heteroatoms. The van der Waals surface area contributed by atoms with Crippen molar-refractivity contribution in [1.82, 2.24) is 19.7 Å². The Bertz CT molecular complexity index is 408. The smallest absolute Gasteiger partial charge is 0.222 e. The lowest BCUT2D eigenvalue weighted by Gasteiger charge is -1.98. The van der Waals surface area contributed by atoms with Gasteiger partial charge in [0.2, 0.25) is 5.95 Å². The van der Waals surface area contributed by atoms with Crippen LogP contribution in [0.2, 0.25) is 0 Å². The maximum Gasteiger partial charge on any atom is 0.222 e. The predicted octanol–water partition coefficient (Wildman–Crippen LogP) is 1.15. The van der Waals surface area contributed by atoms with Gasteiger partial charge in [-0.1, -0.05) is 11.8 Å². The molecule has 74 valence electrons. The Balaban J connectivity index is 2.02. The van der Waals surface area contributed by atoms with Gasteiger partial charge in [-0.05, 0) is 0 Å². The van der Waals surface area contributed by atoms with Gasteiger partial charge in [0.1, 0.15) is 0 Å². The molecule has 0 aliphatic rings. The molecule has 0 saturated heterocycles. The van der Waals surface area contributed by atoms with Crippen LogP contribution in [0.4, 0.5) is 5.95 Å². The van der Waals surface area contributed by atoms with Gasteiger partial charge in [0.15, 0.2) is 5.16 Å². The van der Waals surface area contributed by atoms with E-state index in [1.165, 1.54) is 0 Å². The molecule has 0 aliphatic heterocycles. The molecule has 0 spiro atoms. The molecule has 2 N–H and O–H groups in total. The van der Waals surface area contributed by atoms with Gasteiger partial charge in [-0.3, -0.25) is 4.57 Å². The van der Waals surface area contributed by atoms with Crippen LogP contribution in [0.1, 0.15) is 5.69 Å². The standard InChI is InChI=1S/C7H9N5S2/c1-12-6(8)10-11-7(12)14-3-5-2-13-4-9-5/h2,4H,3H2,1H3,(H2,8,10). The van der Waals surface area contributed by atoms with Gasteiger partial charge in [-0.25, -0.2) is 4.98 Å². The molecule has 5 nitrogen and oxygen atoms in total. The molecule has 2 heterocycles. The first-order chi connectivity index (χ1) is 6.77. The van der Waals surface area contributed by atoms with Gasteiger partial charge in [0.25, 0.3) is 0 Å². The van der Waals surface area contributed by atoms with Crippen LogP contribution in [0.25, 0.3) is 0 Å². The number of nitrogen functional groups attached to an aromatic ring is 1. The monoisotopic (exact) mass is 227 g/mol. The fourth-order valence-corrected chi connectivity index (χ4v) is 2.38. The third kappa shape index (κ3) is 1.88. The van der Waals surface area contributed by atoms with E-state index in [4.69, 9.17) is 5.73 Å². The van der Waals surface area contributed by atoms with Gasteiger partial charge in [-0.2, -0.15) is 0 Å². The fraction of sp³-hybridized carbons (Fsp3) is 0.286. The minimum absolute atomic E-state index is 0.436. The Kier molecular flexibility index (Phi) is 2.69. The van der Waals surface area contributed by atoms with Gasteiger partial charge >= 0.3 is 0 Å². The second kappa shape index (κ2) is 3.97. The lowest BCUT2D eigenvalue weighted by atomic mass is 10.6. The molecule has 14 heavy (non-hydrogen) atoms. The highest BCUT2D eigenvalue weighted by Crippen LogP contribution is 2.21. The summed E-state index contributed by atoms with van der Waals surface area (Å²) >= 11 is 3.17. The molecule has 0 amide bonds. The Morgan fingerprint density at radius 3 is 3.00 bits per heavy atom. The number of rotatable bonds is 3. The van der Waals surface area contributed by atoms with Crippen LogP contribution in [0, 0.1) is 0 Å². The normalized spacial score (nSPS) is 10.6. The number of anilines is 1. The third-order valence-electron chi connectivity index (χ3n) is 1.70. The van der Waals surface area contributed by atoms with Crippen molar-refractivity contribution in [3.63, 3.8) is 0 Å². The highest BCUT2D eigenvalue weighted by atomic mass is 32.2. The topological polar surface area (TPSA) is 69.6 Å². The lowest BCUT2D eigenvalue weighted by Crippen LogP contribution is -1.98. The second-order valence-electron chi connectivity index (χ2n) is 2.67. The Morgan fingerprint density at radius 2 is 2.43 bits per heavy atom. The molecule has 0 fully saturated rings. The van der Waals surface area contributed by atoms with E-state index in [0.29, 0.717) is 5.95 Å². The average Bonchev–Trinajstić information content (AvgIpc) is 2.77. The molecule has 2 aromatic rings. The Hall–Kier alpha value is -1.08. The summed E-state index contributed by atoms with van der Waals surface area (Å²) in [7, 11) is 1.85. The average molecular weight is 227 g/mol. The SMILES string of the molecule is Cn1c(N)nnc1SCc1cscn1. The molecule has 0 unspecified atom stereocenters. The molecule has 0 bridgehead atoms. The summed E-state index contributed by atoms with van der Waals surface area (Å²) in [6.07, 6.45) is 0. The predicted molar refractivity (Wildman–Crippen MR) is 57.1 cm³/mol. The Labute approximate surface area is 89.4 Å². The second-order valence-corrected chi connectivity index (χ2v) is 4.33. The zero-order chi connectivity index (χ0) is 9.97. The molecule has 0 radical (unpaired) electrons. The van der Waals surface area contributed by atoms with Crippen molar-refractivity contribution < 1.29 is 0 Å². The van der Waals surface area contributed by atoms with Crippen LogP contribution in [-0.4, -0.2) is 19.7 Å². The van der Waals surface area contributed by atoms with E-state index < -0.39 is 0 Å². The first kappa shape index (κ1) is 9.47. The molecule has 2 rings (SSSR count). The van der Waals surface area contributed by atoms with Crippen LogP contribution in [0.5, 0.6) is 0 Å². The van der Waals surface area contributed by atoms with E-state index in [1.807, 2.05) is 17.9 Å². The number of nitrogens with two attached hydrogens (primary N) is 1. The lowest BCUT2D eigenvalue weighted by molar-refractivity contribution is 0.795. The molecular formula is C7H9N5S2. The number of hydrogen-bond acceptors (Lipinski definition) is 6. The molecule has 0 saturated carbocycles. The summed E-state index contributed by atoms with van der Waals surface area (Å²) in [6.45, 7) is 0. The molecule has 0 aliphatic carbocycles. The zero-order valence-electron chi connectivity index (χ0n) is 7.54. The van der Waals surface area contributed by atoms with Crippen LogP contribution in [0.3, 0.4) is 0 Å². The molecule has 0 atom stereocenters. The van der Waals surface area contributed by atoms with Crippen molar-refractivity contribution in [2.24, 2.45) is 7.05 Å². The van der Waals surface area contributed by atoms with E-state index >= 15 is 0 Å². The summed E-state index contributed by atoms with van der Waals surface area (Å²) in [4.78, 5) is 4.18. The number of nitrogens with zero attached hydrogens (tertiary/aromatic N) is 4. The Morgan fingerprint density at radius 1 is 1.57 bits per heavy atom. The summed E-state index contributed by atoms with van der Waals surface area (Å²) in [5.41, 5.74) is 8.43. The highest BCUT2D eigenvalue weighted by Gasteiger charge is 2.06. The summed E-state index contributed by atoms with van der Waals surface area (Å²) in [5.74, 6) is 1.24. The van der Waals surface area contributed by atoms with Gasteiger partial charge in [0, 0.05) is 18.2 Å². The van der Waals surface area contributed by atoms with Crippen LogP contribution in [-0.2, 0) is 12.8 Å². The fourth-order valence-electron chi connectivity index (χ4n) is 0.899. The maximum atomic E-state index is 5.55. The van der Waals surface area contributed by atoms with Gasteiger partial charge < -0.3 is 5.73 Å². The minimum Gasteiger partial charge on any atom is -0.368 e. The van der Waals surface area contributed by atoms with E-state index in [0.717, 1.165) is 16.6 Å². The van der Waals surface area contributed by atoms with Crippen LogP contribution < -0.4 is 5.73 Å². The van der Waals surface area contributed by atoms with Crippen molar-refractivity contribution >= 4 is 29.0 Å². The van der Waals surface area contributed by atoms with Crippen molar-refractivity contribution in [1.29, 1.82) is 0 Å². The van der Waals surface area contributed by atoms with Crippen molar-refractivity contribution in [3.8, 4) is 0 Å². The maximum absolute atomic E-state index is 5.55. The van der Waals surface area contributed by atoms with E-state index in [2.05, 4.69) is 15.2 Å². The first-order valence-corrected chi connectivity index (χ1v) is 5.85. The largest absolute Gasteiger partial charge is 0.368 e. The molecule has 0 aromatic carbocycles. The third-order valence-corrected chi connectivity index (χ3v) is 3.39. The van der Waals surface area contributed by atoms with Crippen LogP contribution >= 0.6 is 23.1 Å². The van der Waals surface area contributed by atoms with Gasteiger partial charge in [-0.15, -0.1) is 21.5 Å². The number of hydrogen-bond donors (Lipinski definition) is 1. The zero-order valence-corrected chi connectivity index (χ0v) is 9.18. The summed E-state index contributed by atoms with van der Waals surface area (Å²) in [6, 6.07) is 0. The van der Waals surface area contributed by atoms with E-state index in [1.54, 1.807) is 27.7 Å². The van der Waals surface area contributed by atoms with Crippen molar-refractivity contribution in [2.45, 2.75) is 10.9 Å². The number of aromatic nitrogens is 4.